The maximum Gasteiger partial charge on any atom is 0.358 e. The Morgan fingerprint density at radius 2 is 1.00 bits per heavy atom. The van der Waals surface area contributed by atoms with E-state index in [9.17, 15) is 16.8 Å². The normalized spacial score (nSPS) is 12.6. The van der Waals surface area contributed by atoms with Gasteiger partial charge in [0.25, 0.3) is 0 Å². The van der Waals surface area contributed by atoms with Crippen LogP contribution in [0.4, 0.5) is 0 Å². The summed E-state index contributed by atoms with van der Waals surface area (Å²) >= 11 is 0. The lowest BCUT2D eigenvalue weighted by Crippen LogP contribution is -2.21. The molecule has 0 aliphatic rings. The molecule has 2 N–H and O–H groups in total. The summed E-state index contributed by atoms with van der Waals surface area (Å²) in [6.45, 7) is 7.27. The number of nitrogens with one attached hydrogen (secondary N) is 2. The highest BCUT2D eigenvalue weighted by atomic mass is 32.2. The molecule has 0 radical (unpaired) electrons. The van der Waals surface area contributed by atoms with E-state index in [0.717, 1.165) is 11.1 Å². The molecule has 12 heteroatoms. The van der Waals surface area contributed by atoms with E-state index in [2.05, 4.69) is 33.4 Å². The molecule has 0 amide bonds. The minimum atomic E-state index is -4.33. The van der Waals surface area contributed by atoms with Crippen molar-refractivity contribution in [2.24, 2.45) is 10.3 Å². The first-order chi connectivity index (χ1) is 18.2. The van der Waals surface area contributed by atoms with Crippen LogP contribution in [0, 0.1) is 0 Å². The molecule has 4 rings (SSSR count). The van der Waals surface area contributed by atoms with Crippen LogP contribution >= 0.6 is 0 Å². The zero-order valence-corrected chi connectivity index (χ0v) is 21.4. The lowest BCUT2D eigenvalue weighted by Gasteiger charge is -2.09. The molecule has 0 aliphatic carbocycles. The number of hydrogen-bond acceptors (Lipinski definition) is 8. The zero-order chi connectivity index (χ0) is 27.2. The van der Waals surface area contributed by atoms with E-state index in [-0.39, 0.29) is 32.6 Å². The summed E-state index contributed by atoms with van der Waals surface area (Å²) in [4.78, 5) is 5.49. The van der Waals surface area contributed by atoms with Gasteiger partial charge in [0.2, 0.25) is 0 Å². The van der Waals surface area contributed by atoms with Gasteiger partial charge in [0, 0.05) is 12.4 Å². The van der Waals surface area contributed by atoms with Gasteiger partial charge in [-0.25, -0.2) is 0 Å². The number of hydrogen-bond donors (Lipinski definition) is 2. The number of nitrogens with zero attached hydrogens (tertiary/aromatic N) is 2. The molecule has 0 atom stereocenters. The summed E-state index contributed by atoms with van der Waals surface area (Å²) in [7, 11) is -8.67. The van der Waals surface area contributed by atoms with Crippen LogP contribution in [0.15, 0.2) is 118 Å². The van der Waals surface area contributed by atoms with E-state index in [1.165, 1.54) is 24.3 Å². The van der Waals surface area contributed by atoms with Gasteiger partial charge in [-0.15, -0.1) is 0 Å². The second kappa shape index (κ2) is 11.2. The lowest BCUT2D eigenvalue weighted by atomic mass is 10.1. The Hall–Kier alpha value is -4.68. The quantitative estimate of drug-likeness (QED) is 0.207. The number of oxime groups is 2. The molecule has 0 bridgehead atoms. The topological polar surface area (TPSA) is 143 Å². The van der Waals surface area contributed by atoms with Crippen molar-refractivity contribution in [1.29, 1.82) is 0 Å². The Balaban J connectivity index is 1.74. The SMILES string of the molecule is C=Cc1ccc(S(=O)(=O)ON=C(C(=NOS(=O)(=O)c2ccc(C=C)cc2)c2ccc[nH]2)c2ccc[nH]2)cc1. The van der Waals surface area contributed by atoms with Gasteiger partial charge in [-0.2, -0.15) is 16.8 Å². The Morgan fingerprint density at radius 3 is 1.29 bits per heavy atom. The van der Waals surface area contributed by atoms with Crippen molar-refractivity contribution in [3.05, 3.63) is 121 Å². The smallest absolute Gasteiger partial charge is 0.358 e. The van der Waals surface area contributed by atoms with Crippen molar-refractivity contribution < 1.29 is 25.4 Å². The molecule has 2 heterocycles. The summed E-state index contributed by atoms with van der Waals surface area (Å²) in [6, 6.07) is 18.1. The fourth-order valence-corrected chi connectivity index (χ4v) is 4.65. The molecule has 4 aromatic rings. The van der Waals surface area contributed by atoms with Crippen LogP contribution in [0.1, 0.15) is 22.5 Å². The number of benzene rings is 2. The van der Waals surface area contributed by atoms with Crippen LogP contribution < -0.4 is 0 Å². The van der Waals surface area contributed by atoms with Gasteiger partial charge in [0.1, 0.15) is 9.79 Å². The first-order valence-corrected chi connectivity index (χ1v) is 13.8. The molecule has 2 aromatic heterocycles. The summed E-state index contributed by atoms with van der Waals surface area (Å²) in [5, 5.41) is 7.70. The number of rotatable bonds is 11. The van der Waals surface area contributed by atoms with Crippen molar-refractivity contribution in [3.8, 4) is 0 Å². The molecule has 0 fully saturated rings. The second-order valence-electron chi connectivity index (χ2n) is 7.65. The van der Waals surface area contributed by atoms with Gasteiger partial charge in [-0.1, -0.05) is 59.9 Å². The van der Waals surface area contributed by atoms with Crippen molar-refractivity contribution in [1.82, 2.24) is 9.97 Å². The molecule has 10 nitrogen and oxygen atoms in total. The van der Waals surface area contributed by atoms with Crippen LogP contribution in [0.3, 0.4) is 0 Å². The van der Waals surface area contributed by atoms with Crippen molar-refractivity contribution >= 4 is 43.8 Å². The molecule has 0 aliphatic heterocycles. The summed E-state index contributed by atoms with van der Waals surface area (Å²) in [6.07, 6.45) is 6.27. The predicted molar refractivity (Wildman–Crippen MR) is 144 cm³/mol. The van der Waals surface area contributed by atoms with Gasteiger partial charge in [0.05, 0.1) is 11.4 Å². The monoisotopic (exact) mass is 550 g/mol. The molecule has 194 valence electrons. The van der Waals surface area contributed by atoms with E-state index < -0.39 is 20.2 Å². The van der Waals surface area contributed by atoms with Crippen molar-refractivity contribution in [2.45, 2.75) is 9.79 Å². The minimum Gasteiger partial charge on any atom is -0.360 e. The molecule has 38 heavy (non-hydrogen) atoms. The fourth-order valence-electron chi connectivity index (χ4n) is 3.20. The highest BCUT2D eigenvalue weighted by molar-refractivity contribution is 7.87. The number of H-pyrrole nitrogens is 2. The van der Waals surface area contributed by atoms with E-state index in [1.807, 2.05) is 0 Å². The van der Waals surface area contributed by atoms with E-state index >= 15 is 0 Å². The van der Waals surface area contributed by atoms with Gasteiger partial charge in [-0.3, -0.25) is 8.57 Å². The lowest BCUT2D eigenvalue weighted by molar-refractivity contribution is 0.334. The Labute approximate surface area is 219 Å². The van der Waals surface area contributed by atoms with Crippen LogP contribution in [0.5, 0.6) is 0 Å². The van der Waals surface area contributed by atoms with Crippen molar-refractivity contribution in [2.75, 3.05) is 0 Å². The Bertz CT molecular complexity index is 1560. The number of aromatic nitrogens is 2. The molecule has 0 unspecified atom stereocenters. The molecule has 0 saturated carbocycles. The summed E-state index contributed by atoms with van der Waals surface area (Å²) in [5.74, 6) is 0. The molecular formula is C26H22N4O6S2. The minimum absolute atomic E-state index is 0.138. The highest BCUT2D eigenvalue weighted by Crippen LogP contribution is 2.18. The number of aromatic amines is 2. The fraction of sp³-hybridized carbons (Fsp3) is 0. The summed E-state index contributed by atoms with van der Waals surface area (Å²) in [5.41, 5.74) is 1.73. The first-order valence-electron chi connectivity index (χ1n) is 11.0. The van der Waals surface area contributed by atoms with Gasteiger partial charge >= 0.3 is 20.2 Å². The highest BCUT2D eigenvalue weighted by Gasteiger charge is 2.24. The maximum absolute atomic E-state index is 12.8. The van der Waals surface area contributed by atoms with Gasteiger partial charge < -0.3 is 9.97 Å². The van der Waals surface area contributed by atoms with E-state index in [4.69, 9.17) is 8.57 Å². The molecule has 0 spiro atoms. The van der Waals surface area contributed by atoms with Crippen LogP contribution in [-0.2, 0) is 28.8 Å². The van der Waals surface area contributed by atoms with Crippen LogP contribution in [0.25, 0.3) is 12.2 Å². The average Bonchev–Trinajstić information content (AvgIpc) is 3.66. The Morgan fingerprint density at radius 1 is 0.632 bits per heavy atom. The van der Waals surface area contributed by atoms with Gasteiger partial charge in [-0.05, 0) is 59.7 Å². The van der Waals surface area contributed by atoms with E-state index in [1.54, 1.807) is 73.1 Å². The zero-order valence-electron chi connectivity index (χ0n) is 19.8. The largest absolute Gasteiger partial charge is 0.360 e. The third-order valence-electron chi connectivity index (χ3n) is 5.19. The first kappa shape index (κ1) is 26.4. The molecule has 0 saturated heterocycles. The maximum atomic E-state index is 12.8. The third-order valence-corrected chi connectivity index (χ3v) is 7.43. The molecular weight excluding hydrogens is 528 g/mol. The third kappa shape index (κ3) is 5.99. The van der Waals surface area contributed by atoms with Gasteiger partial charge in [0.15, 0.2) is 11.4 Å². The molecule has 2 aromatic carbocycles. The Kier molecular flexibility index (Phi) is 7.74. The van der Waals surface area contributed by atoms with E-state index in [0.29, 0.717) is 0 Å². The summed E-state index contributed by atoms with van der Waals surface area (Å²) < 4.78 is 61.3. The average molecular weight is 551 g/mol. The van der Waals surface area contributed by atoms with Crippen molar-refractivity contribution in [3.63, 3.8) is 0 Å². The predicted octanol–water partition coefficient (Wildman–Crippen LogP) is 4.55. The van der Waals surface area contributed by atoms with Crippen LogP contribution in [-0.4, -0.2) is 38.2 Å². The standard InChI is InChI=1S/C26H22N4O6S2/c1-3-19-9-13-21(14-10-19)37(31,32)35-29-25(23-7-5-17-27-23)26(24-8-6-18-28-24)30-36-38(33,34)22-15-11-20(4-2)12-16-22/h3-18,27-28H,1-2H2. The second-order valence-corrected chi connectivity index (χ2v) is 10.7. The van der Waals surface area contributed by atoms with Crippen LogP contribution in [0.2, 0.25) is 0 Å².